The van der Waals surface area contributed by atoms with E-state index >= 15 is 0 Å². The molecule has 3 aliphatic rings. The zero-order chi connectivity index (χ0) is 27.4. The molecule has 0 saturated carbocycles. The zero-order valence-corrected chi connectivity index (χ0v) is 21.6. The highest BCUT2D eigenvalue weighted by atomic mass is 32.2. The molecule has 2 amide bonds. The number of morpholine rings is 1. The normalized spacial score (nSPS) is 20.6. The number of carbonyl (C=O) groups excluding carboxylic acids is 3. The van der Waals surface area contributed by atoms with Crippen molar-refractivity contribution in [2.75, 3.05) is 38.7 Å². The Balaban J connectivity index is 1.28. The molecule has 2 aromatic rings. The highest BCUT2D eigenvalue weighted by Crippen LogP contribution is 2.41. The lowest BCUT2D eigenvalue weighted by Crippen LogP contribution is -2.71. The van der Waals surface area contributed by atoms with E-state index in [1.807, 2.05) is 11.0 Å². The standard InChI is InChI=1S/C26H26N4O8S/c31-21(15-37-19-4-2-1-3-5-19)27-22-24(32)29-23(20(16-39-25(22)29)28-10-12-36-13-11-28)26(33)38-14-17-6-8-18(9-7-17)30(34)35/h1-9,22,25H,10-16H2,(H,27,31)/t22?,25-/m1/s1. The van der Waals surface area contributed by atoms with Gasteiger partial charge in [-0.2, -0.15) is 0 Å². The van der Waals surface area contributed by atoms with Crippen LogP contribution in [0.2, 0.25) is 0 Å². The fourth-order valence-corrected chi connectivity index (χ4v) is 5.86. The molecule has 0 radical (unpaired) electrons. The van der Waals surface area contributed by atoms with Gasteiger partial charge in [-0.25, -0.2) is 4.79 Å². The van der Waals surface area contributed by atoms with E-state index in [1.54, 1.807) is 24.3 Å². The Labute approximate surface area is 228 Å². The molecule has 0 spiro atoms. The lowest BCUT2D eigenvalue weighted by atomic mass is 10.0. The largest absolute Gasteiger partial charge is 0.484 e. The van der Waals surface area contributed by atoms with Crippen molar-refractivity contribution < 1.29 is 33.5 Å². The molecule has 13 heteroatoms. The van der Waals surface area contributed by atoms with Crippen LogP contribution < -0.4 is 10.1 Å². The Morgan fingerprint density at radius 3 is 2.51 bits per heavy atom. The fraction of sp³-hybridized carbons (Fsp3) is 0.346. The Bertz CT molecular complexity index is 1280. The number of carbonyl (C=O) groups is 3. The van der Waals surface area contributed by atoms with Gasteiger partial charge in [-0.15, -0.1) is 11.8 Å². The molecule has 5 rings (SSSR count). The molecule has 3 aliphatic heterocycles. The predicted octanol–water partition coefficient (Wildman–Crippen LogP) is 1.66. The second-order valence-electron chi connectivity index (χ2n) is 8.95. The van der Waals surface area contributed by atoms with Gasteiger partial charge in [0.05, 0.1) is 23.8 Å². The topological polar surface area (TPSA) is 141 Å². The molecule has 39 heavy (non-hydrogen) atoms. The van der Waals surface area contributed by atoms with Gasteiger partial charge in [-0.05, 0) is 29.8 Å². The molecule has 204 valence electrons. The van der Waals surface area contributed by atoms with Crippen molar-refractivity contribution >= 4 is 35.2 Å². The molecular formula is C26H26N4O8S. The third-order valence-corrected chi connectivity index (χ3v) is 7.75. The van der Waals surface area contributed by atoms with Crippen LogP contribution in [0.4, 0.5) is 5.69 Å². The summed E-state index contributed by atoms with van der Waals surface area (Å²) in [4.78, 5) is 52.9. The van der Waals surface area contributed by atoms with Crippen molar-refractivity contribution in [3.05, 3.63) is 81.7 Å². The molecule has 1 unspecified atom stereocenters. The number of fused-ring (bicyclic) bond motifs is 1. The minimum absolute atomic E-state index is 0.0667. The van der Waals surface area contributed by atoms with E-state index in [1.165, 1.54) is 40.9 Å². The number of non-ortho nitro benzene ring substituents is 1. The number of esters is 1. The van der Waals surface area contributed by atoms with Gasteiger partial charge in [-0.3, -0.25) is 24.6 Å². The van der Waals surface area contributed by atoms with Gasteiger partial charge in [0.2, 0.25) is 0 Å². The summed E-state index contributed by atoms with van der Waals surface area (Å²) in [5.41, 5.74) is 1.34. The van der Waals surface area contributed by atoms with Crippen molar-refractivity contribution in [2.24, 2.45) is 0 Å². The number of hydrogen-bond donors (Lipinski definition) is 1. The lowest BCUT2D eigenvalue weighted by molar-refractivity contribution is -0.384. The molecule has 0 aromatic heterocycles. The number of thioether (sulfide) groups is 1. The van der Waals surface area contributed by atoms with E-state index in [0.717, 1.165) is 0 Å². The maximum atomic E-state index is 13.4. The number of amides is 2. The molecule has 12 nitrogen and oxygen atoms in total. The zero-order valence-electron chi connectivity index (χ0n) is 20.8. The molecular weight excluding hydrogens is 528 g/mol. The number of nitrogens with zero attached hydrogens (tertiary/aromatic N) is 3. The number of benzene rings is 2. The van der Waals surface area contributed by atoms with Gasteiger partial charge in [0.1, 0.15) is 23.8 Å². The average Bonchev–Trinajstić information content (AvgIpc) is 2.98. The molecule has 0 aliphatic carbocycles. The number of β-lactam (4-membered cyclic amide) rings is 1. The summed E-state index contributed by atoms with van der Waals surface area (Å²) in [7, 11) is 0. The Morgan fingerprint density at radius 2 is 1.82 bits per heavy atom. The molecule has 2 atom stereocenters. The number of nitro benzene ring substituents is 1. The smallest absolute Gasteiger partial charge is 0.357 e. The highest BCUT2D eigenvalue weighted by Gasteiger charge is 2.55. The van der Waals surface area contributed by atoms with Crippen LogP contribution in [0, 0.1) is 10.1 Å². The monoisotopic (exact) mass is 554 g/mol. The number of rotatable bonds is 9. The summed E-state index contributed by atoms with van der Waals surface area (Å²) in [6.45, 7) is 1.77. The number of nitro groups is 1. The van der Waals surface area contributed by atoms with Crippen molar-refractivity contribution in [3.63, 3.8) is 0 Å². The van der Waals surface area contributed by atoms with Crippen molar-refractivity contribution in [1.29, 1.82) is 0 Å². The first-order chi connectivity index (χ1) is 18.9. The van der Waals surface area contributed by atoms with Crippen molar-refractivity contribution in [1.82, 2.24) is 15.1 Å². The quantitative estimate of drug-likeness (QED) is 0.211. The maximum absolute atomic E-state index is 13.4. The highest BCUT2D eigenvalue weighted by molar-refractivity contribution is 8.00. The summed E-state index contributed by atoms with van der Waals surface area (Å²) >= 11 is 1.46. The number of para-hydroxylation sites is 1. The Kier molecular flexibility index (Phi) is 7.98. The first kappa shape index (κ1) is 26.5. The number of ether oxygens (including phenoxy) is 3. The van der Waals surface area contributed by atoms with Gasteiger partial charge in [0.15, 0.2) is 12.3 Å². The van der Waals surface area contributed by atoms with E-state index in [9.17, 15) is 24.5 Å². The summed E-state index contributed by atoms with van der Waals surface area (Å²) in [5.74, 6) is -0.539. The Hall–Kier alpha value is -4.10. The predicted molar refractivity (Wildman–Crippen MR) is 139 cm³/mol. The van der Waals surface area contributed by atoms with E-state index in [0.29, 0.717) is 49.1 Å². The fourth-order valence-electron chi connectivity index (χ4n) is 4.48. The maximum Gasteiger partial charge on any atom is 0.357 e. The summed E-state index contributed by atoms with van der Waals surface area (Å²) in [5, 5.41) is 13.2. The van der Waals surface area contributed by atoms with Gasteiger partial charge in [-0.1, -0.05) is 18.2 Å². The summed E-state index contributed by atoms with van der Waals surface area (Å²) in [6.07, 6.45) is 0. The van der Waals surface area contributed by atoms with Crippen LogP contribution in [-0.4, -0.2) is 82.6 Å². The Morgan fingerprint density at radius 1 is 1.10 bits per heavy atom. The molecule has 1 N–H and O–H groups in total. The van der Waals surface area contributed by atoms with Gasteiger partial charge in [0, 0.05) is 31.0 Å². The average molecular weight is 555 g/mol. The minimum Gasteiger partial charge on any atom is -0.484 e. The first-order valence-electron chi connectivity index (χ1n) is 12.3. The van der Waals surface area contributed by atoms with Crippen molar-refractivity contribution in [2.45, 2.75) is 18.0 Å². The second kappa shape index (κ2) is 11.7. The summed E-state index contributed by atoms with van der Waals surface area (Å²) in [6, 6.07) is 13.8. The van der Waals surface area contributed by atoms with Crippen LogP contribution in [0.1, 0.15) is 5.56 Å². The number of hydrogen-bond acceptors (Lipinski definition) is 10. The van der Waals surface area contributed by atoms with E-state index in [2.05, 4.69) is 5.32 Å². The van der Waals surface area contributed by atoms with Crippen LogP contribution in [0.3, 0.4) is 0 Å². The van der Waals surface area contributed by atoms with Gasteiger partial charge < -0.3 is 24.4 Å². The van der Waals surface area contributed by atoms with Crippen LogP contribution >= 0.6 is 11.8 Å². The van der Waals surface area contributed by atoms with Crippen LogP contribution in [0.25, 0.3) is 0 Å². The van der Waals surface area contributed by atoms with Crippen LogP contribution in [0.15, 0.2) is 66.0 Å². The number of nitrogens with one attached hydrogen (secondary N) is 1. The molecule has 2 fully saturated rings. The van der Waals surface area contributed by atoms with Gasteiger partial charge >= 0.3 is 5.97 Å². The van der Waals surface area contributed by atoms with E-state index in [-0.39, 0.29) is 24.6 Å². The molecule has 3 heterocycles. The van der Waals surface area contributed by atoms with E-state index < -0.39 is 34.1 Å². The van der Waals surface area contributed by atoms with Gasteiger partial charge in [0.25, 0.3) is 17.5 Å². The molecule has 0 bridgehead atoms. The van der Waals surface area contributed by atoms with Crippen molar-refractivity contribution in [3.8, 4) is 5.75 Å². The second-order valence-corrected chi connectivity index (χ2v) is 10.1. The van der Waals surface area contributed by atoms with Crippen LogP contribution in [-0.2, 0) is 30.5 Å². The van der Waals surface area contributed by atoms with Crippen LogP contribution in [0.5, 0.6) is 5.75 Å². The molecule has 2 aromatic carbocycles. The third kappa shape index (κ3) is 5.83. The third-order valence-electron chi connectivity index (χ3n) is 6.48. The lowest BCUT2D eigenvalue weighted by Gasteiger charge is -2.51. The minimum atomic E-state index is -0.800. The molecule has 2 saturated heterocycles. The summed E-state index contributed by atoms with van der Waals surface area (Å²) < 4.78 is 16.5. The first-order valence-corrected chi connectivity index (χ1v) is 13.4. The van der Waals surface area contributed by atoms with E-state index in [4.69, 9.17) is 14.2 Å². The SMILES string of the molecule is O=C(COc1ccccc1)NC1C(=O)N2C(C(=O)OCc3ccc([N+](=O)[O-])cc3)=C(N3CCOCC3)CS[C@H]12.